The summed E-state index contributed by atoms with van der Waals surface area (Å²) in [6.45, 7) is 0. The Labute approximate surface area is 128 Å². The molecule has 0 radical (unpaired) electrons. The second kappa shape index (κ2) is 5.74. The molecule has 0 saturated carbocycles. The van der Waals surface area contributed by atoms with Crippen molar-refractivity contribution in [2.75, 3.05) is 14.2 Å². The molecule has 0 aliphatic rings. The monoisotopic (exact) mass is 290 g/mol. The molecule has 3 rings (SSSR count). The minimum absolute atomic E-state index is 0.435. The van der Waals surface area contributed by atoms with Crippen LogP contribution < -0.4 is 9.47 Å². The van der Waals surface area contributed by atoms with Crippen molar-refractivity contribution in [1.82, 2.24) is 4.98 Å². The third kappa shape index (κ3) is 2.33. The molecule has 0 saturated heterocycles. The number of methoxy groups -OCH3 is 2. The third-order valence-corrected chi connectivity index (χ3v) is 3.52. The highest BCUT2D eigenvalue weighted by atomic mass is 16.5. The van der Waals surface area contributed by atoms with Gasteiger partial charge in [0.1, 0.15) is 6.07 Å². The fraction of sp³-hybridized carbons (Fsp3) is 0.111. The topological polar surface area (TPSA) is 55.1 Å². The van der Waals surface area contributed by atoms with Crippen LogP contribution in [-0.4, -0.2) is 19.2 Å². The molecule has 0 fully saturated rings. The molecular formula is C18H14N2O2. The first-order valence-electron chi connectivity index (χ1n) is 6.78. The summed E-state index contributed by atoms with van der Waals surface area (Å²) in [5.41, 5.74) is 3.17. The zero-order valence-corrected chi connectivity index (χ0v) is 12.3. The van der Waals surface area contributed by atoms with E-state index in [0.29, 0.717) is 17.1 Å². The molecule has 0 aliphatic heterocycles. The summed E-state index contributed by atoms with van der Waals surface area (Å²) in [6, 6.07) is 15.7. The first kappa shape index (κ1) is 13.9. The first-order valence-corrected chi connectivity index (χ1v) is 6.78. The fourth-order valence-corrected chi connectivity index (χ4v) is 2.44. The molecule has 4 heteroatoms. The number of pyridine rings is 1. The normalized spacial score (nSPS) is 10.2. The smallest absolute Gasteiger partial charge is 0.178 e. The van der Waals surface area contributed by atoms with Crippen molar-refractivity contribution in [3.05, 3.63) is 54.2 Å². The molecule has 1 heterocycles. The number of fused-ring (bicyclic) bond motifs is 1. The van der Waals surface area contributed by atoms with Gasteiger partial charge in [-0.15, -0.1) is 0 Å². The van der Waals surface area contributed by atoms with E-state index in [9.17, 15) is 5.26 Å². The Morgan fingerprint density at radius 3 is 2.55 bits per heavy atom. The van der Waals surface area contributed by atoms with E-state index < -0.39 is 0 Å². The molecule has 0 unspecified atom stereocenters. The average Bonchev–Trinajstić information content (AvgIpc) is 2.59. The highest BCUT2D eigenvalue weighted by molar-refractivity contribution is 5.84. The standard InChI is InChI=1S/C18H14N2O2/c1-21-17-9-13(8-14(10-19)18(17)22-2)15-7-12-5-3-4-6-16(12)20-11-15/h3-9,11H,1-2H3. The van der Waals surface area contributed by atoms with Crippen LogP contribution in [0.2, 0.25) is 0 Å². The second-order valence-electron chi connectivity index (χ2n) is 4.79. The Kier molecular flexibility index (Phi) is 3.63. The number of hydrogen-bond donors (Lipinski definition) is 0. The maximum atomic E-state index is 9.31. The molecule has 2 aromatic carbocycles. The highest BCUT2D eigenvalue weighted by Gasteiger charge is 2.13. The minimum Gasteiger partial charge on any atom is -0.493 e. The van der Waals surface area contributed by atoms with Crippen molar-refractivity contribution < 1.29 is 9.47 Å². The van der Waals surface area contributed by atoms with Crippen LogP contribution in [0.5, 0.6) is 11.5 Å². The summed E-state index contributed by atoms with van der Waals surface area (Å²) in [5, 5.41) is 10.4. The third-order valence-electron chi connectivity index (χ3n) is 3.52. The van der Waals surface area contributed by atoms with Gasteiger partial charge in [0, 0.05) is 17.1 Å². The van der Waals surface area contributed by atoms with Crippen molar-refractivity contribution >= 4 is 10.9 Å². The largest absolute Gasteiger partial charge is 0.493 e. The van der Waals surface area contributed by atoms with Crippen molar-refractivity contribution in [3.63, 3.8) is 0 Å². The van der Waals surface area contributed by atoms with Crippen LogP contribution in [0.15, 0.2) is 48.7 Å². The lowest BCUT2D eigenvalue weighted by atomic mass is 10.0. The number of rotatable bonds is 3. The Morgan fingerprint density at radius 2 is 1.82 bits per heavy atom. The van der Waals surface area contributed by atoms with Gasteiger partial charge in [0.05, 0.1) is 25.3 Å². The molecule has 0 amide bonds. The van der Waals surface area contributed by atoms with Gasteiger partial charge in [0.15, 0.2) is 11.5 Å². The molecule has 4 nitrogen and oxygen atoms in total. The number of para-hydroxylation sites is 1. The van der Waals surface area contributed by atoms with Gasteiger partial charge >= 0.3 is 0 Å². The lowest BCUT2D eigenvalue weighted by molar-refractivity contribution is 0.354. The maximum absolute atomic E-state index is 9.31. The summed E-state index contributed by atoms with van der Waals surface area (Å²) in [7, 11) is 3.08. The van der Waals surface area contributed by atoms with Gasteiger partial charge in [-0.1, -0.05) is 18.2 Å². The molecule has 0 atom stereocenters. The molecule has 108 valence electrons. The van der Waals surface area contributed by atoms with Gasteiger partial charge in [-0.2, -0.15) is 5.26 Å². The van der Waals surface area contributed by atoms with E-state index in [2.05, 4.69) is 11.1 Å². The summed E-state index contributed by atoms with van der Waals surface area (Å²) >= 11 is 0. The summed E-state index contributed by atoms with van der Waals surface area (Å²) < 4.78 is 10.6. The Morgan fingerprint density at radius 1 is 1.00 bits per heavy atom. The van der Waals surface area contributed by atoms with E-state index >= 15 is 0 Å². The summed E-state index contributed by atoms with van der Waals surface area (Å²) in [6.07, 6.45) is 1.80. The Balaban J connectivity index is 2.19. The van der Waals surface area contributed by atoms with Gasteiger partial charge in [-0.25, -0.2) is 0 Å². The van der Waals surface area contributed by atoms with Gasteiger partial charge in [0.2, 0.25) is 0 Å². The van der Waals surface area contributed by atoms with E-state index in [4.69, 9.17) is 9.47 Å². The van der Waals surface area contributed by atoms with Crippen LogP contribution in [-0.2, 0) is 0 Å². The number of nitrogens with zero attached hydrogens (tertiary/aromatic N) is 2. The SMILES string of the molecule is COc1cc(-c2cnc3ccccc3c2)cc(C#N)c1OC. The average molecular weight is 290 g/mol. The molecule has 22 heavy (non-hydrogen) atoms. The van der Waals surface area contributed by atoms with Crippen LogP contribution in [0.25, 0.3) is 22.0 Å². The van der Waals surface area contributed by atoms with Crippen LogP contribution in [0.1, 0.15) is 5.56 Å². The van der Waals surface area contributed by atoms with Crippen LogP contribution in [0.4, 0.5) is 0 Å². The summed E-state index contributed by atoms with van der Waals surface area (Å²) in [4.78, 5) is 4.46. The number of aromatic nitrogens is 1. The van der Waals surface area contributed by atoms with Gasteiger partial charge in [-0.05, 0) is 29.8 Å². The Bertz CT molecular complexity index is 882. The van der Waals surface area contributed by atoms with Gasteiger partial charge in [0.25, 0.3) is 0 Å². The number of benzene rings is 2. The van der Waals surface area contributed by atoms with Crippen molar-refractivity contribution in [1.29, 1.82) is 5.26 Å². The predicted molar refractivity (Wildman–Crippen MR) is 85.0 cm³/mol. The molecule has 0 bridgehead atoms. The maximum Gasteiger partial charge on any atom is 0.178 e. The molecule has 1 aromatic heterocycles. The van der Waals surface area contributed by atoms with E-state index in [1.165, 1.54) is 7.11 Å². The van der Waals surface area contributed by atoms with E-state index in [1.54, 1.807) is 19.4 Å². The molecule has 0 spiro atoms. The molecule has 3 aromatic rings. The van der Waals surface area contributed by atoms with Crippen molar-refractivity contribution in [3.8, 4) is 28.7 Å². The molecular weight excluding hydrogens is 276 g/mol. The van der Waals surface area contributed by atoms with Crippen LogP contribution >= 0.6 is 0 Å². The van der Waals surface area contributed by atoms with Gasteiger partial charge in [-0.3, -0.25) is 4.98 Å². The lowest BCUT2D eigenvalue weighted by Gasteiger charge is -2.12. The number of nitriles is 1. The predicted octanol–water partition coefficient (Wildman–Crippen LogP) is 3.79. The molecule has 0 aliphatic carbocycles. The lowest BCUT2D eigenvalue weighted by Crippen LogP contribution is -1.95. The number of ether oxygens (including phenoxy) is 2. The van der Waals surface area contributed by atoms with E-state index in [-0.39, 0.29) is 0 Å². The fourth-order valence-electron chi connectivity index (χ4n) is 2.44. The minimum atomic E-state index is 0.435. The zero-order valence-electron chi connectivity index (χ0n) is 12.3. The molecule has 0 N–H and O–H groups in total. The second-order valence-corrected chi connectivity index (χ2v) is 4.79. The van der Waals surface area contributed by atoms with Crippen molar-refractivity contribution in [2.45, 2.75) is 0 Å². The number of hydrogen-bond acceptors (Lipinski definition) is 4. The van der Waals surface area contributed by atoms with Crippen LogP contribution in [0, 0.1) is 11.3 Å². The first-order chi connectivity index (χ1) is 10.8. The van der Waals surface area contributed by atoms with E-state index in [0.717, 1.165) is 22.0 Å². The zero-order chi connectivity index (χ0) is 15.5. The quantitative estimate of drug-likeness (QED) is 0.736. The van der Waals surface area contributed by atoms with Crippen molar-refractivity contribution in [2.24, 2.45) is 0 Å². The highest BCUT2D eigenvalue weighted by Crippen LogP contribution is 2.36. The van der Waals surface area contributed by atoms with E-state index in [1.807, 2.05) is 36.4 Å². The van der Waals surface area contributed by atoms with Crippen LogP contribution in [0.3, 0.4) is 0 Å². The summed E-state index contributed by atoms with van der Waals surface area (Å²) in [5.74, 6) is 0.979. The Hall–Kier alpha value is -3.06. The van der Waals surface area contributed by atoms with Gasteiger partial charge < -0.3 is 9.47 Å².